The highest BCUT2D eigenvalue weighted by Crippen LogP contribution is 2.45. The van der Waals surface area contributed by atoms with Crippen LogP contribution in [-0.4, -0.2) is 57.1 Å². The predicted octanol–water partition coefficient (Wildman–Crippen LogP) is 0.958. The number of ether oxygens (including phenoxy) is 4. The van der Waals surface area contributed by atoms with Crippen molar-refractivity contribution in [3.63, 3.8) is 0 Å². The number of carbonyl (C=O) groups is 1. The van der Waals surface area contributed by atoms with E-state index in [0.29, 0.717) is 5.56 Å². The number of carbonyl (C=O) groups excluding carboxylic acids is 1. The zero-order valence-electron chi connectivity index (χ0n) is 14.9. The minimum atomic E-state index is -4.06. The number of nitrogens with zero attached hydrogens (tertiary/aromatic N) is 1. The summed E-state index contributed by atoms with van der Waals surface area (Å²) in [5.74, 6) is -1.74. The van der Waals surface area contributed by atoms with Gasteiger partial charge in [-0.05, 0) is 26.0 Å². The molecule has 1 aromatic carbocycles. The molecule has 0 unspecified atom stereocenters. The lowest BCUT2D eigenvalue weighted by molar-refractivity contribution is -0.223. The monoisotopic (exact) mass is 397 g/mol. The van der Waals surface area contributed by atoms with Crippen LogP contribution in [0.2, 0.25) is 0 Å². The molecule has 2 aliphatic heterocycles. The highest BCUT2D eigenvalue weighted by Gasteiger charge is 2.67. The van der Waals surface area contributed by atoms with Crippen LogP contribution >= 0.6 is 0 Å². The Hall–Kier alpha value is -2.03. The molecule has 27 heavy (non-hydrogen) atoms. The van der Waals surface area contributed by atoms with E-state index in [1.165, 1.54) is 0 Å². The Morgan fingerprint density at radius 2 is 1.93 bits per heavy atom. The van der Waals surface area contributed by atoms with E-state index < -0.39 is 52.6 Å². The van der Waals surface area contributed by atoms with Crippen LogP contribution in [0.25, 0.3) is 0 Å². The molecule has 2 saturated heterocycles. The number of nitriles is 1. The largest absolute Gasteiger partial charge is 0.459 e. The number of rotatable bonds is 5. The van der Waals surface area contributed by atoms with Crippen LogP contribution in [0.5, 0.6) is 0 Å². The number of hydrogen-bond acceptors (Lipinski definition) is 9. The van der Waals surface area contributed by atoms with Gasteiger partial charge in [0.25, 0.3) is 10.1 Å². The zero-order valence-corrected chi connectivity index (χ0v) is 15.8. The highest BCUT2D eigenvalue weighted by molar-refractivity contribution is 7.86. The Labute approximate surface area is 156 Å². The van der Waals surface area contributed by atoms with Crippen LogP contribution < -0.4 is 0 Å². The van der Waals surface area contributed by atoms with E-state index in [1.54, 1.807) is 44.2 Å². The van der Waals surface area contributed by atoms with Gasteiger partial charge >= 0.3 is 5.97 Å². The number of benzene rings is 1. The first-order valence-corrected chi connectivity index (χ1v) is 9.93. The van der Waals surface area contributed by atoms with E-state index >= 15 is 0 Å². The summed E-state index contributed by atoms with van der Waals surface area (Å²) in [4.78, 5) is 12.2. The van der Waals surface area contributed by atoms with Crippen LogP contribution in [0, 0.1) is 11.3 Å². The van der Waals surface area contributed by atoms with Crippen LogP contribution in [0.1, 0.15) is 24.2 Å². The summed E-state index contributed by atoms with van der Waals surface area (Å²) >= 11 is 0. The molecule has 0 aliphatic carbocycles. The standard InChI is InChI=1S/C17H19NO8S/c1-16(2)24-13-15(25-16)23-12(17(13,10-18)26-27(3,20)21)9-22-14(19)11-7-5-4-6-8-11/h4-8,12-13,15H,9H2,1-3H3/t12-,13+,15-,17-/m1/s1. The van der Waals surface area contributed by atoms with Crippen molar-refractivity contribution in [3.8, 4) is 6.07 Å². The van der Waals surface area contributed by atoms with Gasteiger partial charge in [-0.1, -0.05) is 18.2 Å². The molecule has 9 nitrogen and oxygen atoms in total. The van der Waals surface area contributed by atoms with Crippen LogP contribution in [0.15, 0.2) is 30.3 Å². The van der Waals surface area contributed by atoms with Crippen molar-refractivity contribution < 1.29 is 36.3 Å². The van der Waals surface area contributed by atoms with Gasteiger partial charge in [0.1, 0.15) is 18.8 Å². The predicted molar refractivity (Wildman–Crippen MR) is 89.7 cm³/mol. The number of hydrogen-bond donors (Lipinski definition) is 0. The highest BCUT2D eigenvalue weighted by atomic mass is 32.2. The SMILES string of the molecule is CC1(C)O[C@H]2O[C@H](COC(=O)c3ccccc3)[C@@](C#N)(OS(C)(=O)=O)[C@H]2O1. The van der Waals surface area contributed by atoms with Crippen molar-refractivity contribution in [3.05, 3.63) is 35.9 Å². The number of fused-ring (bicyclic) bond motifs is 1. The molecule has 0 spiro atoms. The molecular formula is C17H19NO8S. The molecule has 0 amide bonds. The normalized spacial score (nSPS) is 31.9. The van der Waals surface area contributed by atoms with Crippen LogP contribution in [-0.2, 0) is 33.2 Å². The Balaban J connectivity index is 1.83. The summed E-state index contributed by atoms with van der Waals surface area (Å²) in [6.07, 6.45) is -2.58. The first kappa shape index (κ1) is 19.7. The van der Waals surface area contributed by atoms with Crippen molar-refractivity contribution in [2.24, 2.45) is 0 Å². The fourth-order valence-electron chi connectivity index (χ4n) is 3.04. The van der Waals surface area contributed by atoms with Gasteiger partial charge in [0.05, 0.1) is 11.8 Å². The van der Waals surface area contributed by atoms with Crippen LogP contribution in [0.3, 0.4) is 0 Å². The van der Waals surface area contributed by atoms with Gasteiger partial charge in [0, 0.05) is 0 Å². The summed E-state index contributed by atoms with van der Waals surface area (Å²) in [6, 6.07) is 10.0. The Morgan fingerprint density at radius 1 is 1.26 bits per heavy atom. The molecule has 2 fully saturated rings. The minimum absolute atomic E-state index is 0.302. The van der Waals surface area contributed by atoms with Gasteiger partial charge in [-0.2, -0.15) is 13.7 Å². The molecule has 3 rings (SSSR count). The molecule has 2 heterocycles. The average Bonchev–Trinajstić information content (AvgIpc) is 3.03. The van der Waals surface area contributed by atoms with Gasteiger partial charge in [-0.3, -0.25) is 0 Å². The quantitative estimate of drug-likeness (QED) is 0.528. The Morgan fingerprint density at radius 3 is 2.52 bits per heavy atom. The van der Waals surface area contributed by atoms with E-state index in [9.17, 15) is 18.5 Å². The molecule has 10 heteroatoms. The maximum Gasteiger partial charge on any atom is 0.338 e. The van der Waals surface area contributed by atoms with Gasteiger partial charge in [0.15, 0.2) is 18.2 Å². The molecule has 146 valence electrons. The van der Waals surface area contributed by atoms with Gasteiger partial charge < -0.3 is 18.9 Å². The minimum Gasteiger partial charge on any atom is -0.459 e. The lowest BCUT2D eigenvalue weighted by Gasteiger charge is -2.30. The molecule has 0 saturated carbocycles. The summed E-state index contributed by atoms with van der Waals surface area (Å²) in [6.45, 7) is 2.78. The molecule has 2 aliphatic rings. The van der Waals surface area contributed by atoms with E-state index in [0.717, 1.165) is 6.26 Å². The summed E-state index contributed by atoms with van der Waals surface area (Å²) < 4.78 is 50.7. The second-order valence-corrected chi connectivity index (χ2v) is 8.28. The molecule has 0 bridgehead atoms. The summed E-state index contributed by atoms with van der Waals surface area (Å²) in [5.41, 5.74) is -1.75. The average molecular weight is 397 g/mol. The molecule has 4 atom stereocenters. The second kappa shape index (κ2) is 6.85. The Kier molecular flexibility index (Phi) is 5.00. The van der Waals surface area contributed by atoms with Crippen molar-refractivity contribution in [2.45, 2.75) is 43.7 Å². The van der Waals surface area contributed by atoms with Gasteiger partial charge in [0.2, 0.25) is 5.60 Å². The number of esters is 1. The van der Waals surface area contributed by atoms with E-state index in [-0.39, 0.29) is 0 Å². The second-order valence-electron chi connectivity index (χ2n) is 6.71. The van der Waals surface area contributed by atoms with Crippen molar-refractivity contribution in [1.29, 1.82) is 5.26 Å². The van der Waals surface area contributed by atoms with Crippen molar-refractivity contribution >= 4 is 16.1 Å². The fourth-order valence-corrected chi connectivity index (χ4v) is 3.78. The Bertz CT molecular complexity index is 863. The maximum atomic E-state index is 12.2. The molecule has 0 radical (unpaired) electrons. The summed E-state index contributed by atoms with van der Waals surface area (Å²) in [7, 11) is -4.06. The topological polar surface area (TPSA) is 121 Å². The van der Waals surface area contributed by atoms with Gasteiger partial charge in [-0.25, -0.2) is 8.98 Å². The third-order valence-electron chi connectivity index (χ3n) is 4.10. The lowest BCUT2D eigenvalue weighted by atomic mass is 9.94. The van der Waals surface area contributed by atoms with E-state index in [1.807, 2.05) is 6.07 Å². The zero-order chi connectivity index (χ0) is 19.9. The third-order valence-corrected chi connectivity index (χ3v) is 4.68. The van der Waals surface area contributed by atoms with E-state index in [2.05, 4.69) is 0 Å². The van der Waals surface area contributed by atoms with E-state index in [4.69, 9.17) is 23.1 Å². The molecular weight excluding hydrogens is 378 g/mol. The molecule has 1 aromatic rings. The lowest BCUT2D eigenvalue weighted by Crippen LogP contribution is -2.52. The smallest absolute Gasteiger partial charge is 0.338 e. The first-order chi connectivity index (χ1) is 12.6. The summed E-state index contributed by atoms with van der Waals surface area (Å²) in [5, 5.41) is 9.75. The fraction of sp³-hybridized carbons (Fsp3) is 0.529. The molecule has 0 N–H and O–H groups in total. The third kappa shape index (κ3) is 3.97. The molecule has 0 aromatic heterocycles. The van der Waals surface area contributed by atoms with Crippen molar-refractivity contribution in [1.82, 2.24) is 0 Å². The first-order valence-electron chi connectivity index (χ1n) is 8.11. The van der Waals surface area contributed by atoms with Gasteiger partial charge in [-0.15, -0.1) is 0 Å². The van der Waals surface area contributed by atoms with Crippen molar-refractivity contribution in [2.75, 3.05) is 12.9 Å². The van der Waals surface area contributed by atoms with Crippen LogP contribution in [0.4, 0.5) is 0 Å². The maximum absolute atomic E-state index is 12.2.